The highest BCUT2D eigenvalue weighted by Gasteiger charge is 2.04. The lowest BCUT2D eigenvalue weighted by atomic mass is 10.1. The van der Waals surface area contributed by atoms with Crippen molar-refractivity contribution in [3.05, 3.63) is 35.7 Å². The average molecular weight is 202 g/mol. The minimum atomic E-state index is 0.586. The molecule has 1 heterocycles. The molecule has 0 spiro atoms. The van der Waals surface area contributed by atoms with E-state index >= 15 is 0 Å². The molecule has 0 bridgehead atoms. The standard InChI is InChI=1S/C11H14N4/c1-8-2-4-9(5-3-8)11-13-10(6-7-12)14-15-11/h2-5H,6-7,12H2,1H3,(H,13,14,15). The molecule has 0 aliphatic heterocycles. The molecule has 3 N–H and O–H groups in total. The second kappa shape index (κ2) is 4.23. The Kier molecular flexibility index (Phi) is 2.78. The summed E-state index contributed by atoms with van der Waals surface area (Å²) in [7, 11) is 0. The highest BCUT2D eigenvalue weighted by molar-refractivity contribution is 5.54. The maximum Gasteiger partial charge on any atom is 0.181 e. The van der Waals surface area contributed by atoms with E-state index in [1.165, 1.54) is 5.56 Å². The van der Waals surface area contributed by atoms with Gasteiger partial charge in [-0.1, -0.05) is 29.8 Å². The first kappa shape index (κ1) is 9.86. The van der Waals surface area contributed by atoms with E-state index in [0.29, 0.717) is 6.54 Å². The van der Waals surface area contributed by atoms with Crippen LogP contribution in [0.25, 0.3) is 11.4 Å². The van der Waals surface area contributed by atoms with E-state index in [1.54, 1.807) is 0 Å². The molecule has 4 nitrogen and oxygen atoms in total. The van der Waals surface area contributed by atoms with Crippen molar-refractivity contribution in [3.8, 4) is 11.4 Å². The number of aryl methyl sites for hydroxylation is 1. The summed E-state index contributed by atoms with van der Waals surface area (Å²) >= 11 is 0. The first-order valence-corrected chi connectivity index (χ1v) is 4.98. The number of nitrogens with zero attached hydrogens (tertiary/aromatic N) is 2. The fourth-order valence-corrected chi connectivity index (χ4v) is 1.38. The molecule has 4 heteroatoms. The summed E-state index contributed by atoms with van der Waals surface area (Å²) in [5.41, 5.74) is 7.70. The quantitative estimate of drug-likeness (QED) is 0.787. The number of benzene rings is 1. The predicted octanol–water partition coefficient (Wildman–Crippen LogP) is 1.28. The Hall–Kier alpha value is -1.68. The van der Waals surface area contributed by atoms with Crippen LogP contribution in [0.4, 0.5) is 0 Å². The summed E-state index contributed by atoms with van der Waals surface area (Å²) in [4.78, 5) is 4.35. The van der Waals surface area contributed by atoms with Gasteiger partial charge < -0.3 is 5.73 Å². The van der Waals surface area contributed by atoms with Crippen molar-refractivity contribution in [1.82, 2.24) is 15.2 Å². The molecule has 1 aromatic heterocycles. The number of H-pyrrole nitrogens is 1. The van der Waals surface area contributed by atoms with Gasteiger partial charge in [0.25, 0.3) is 0 Å². The smallest absolute Gasteiger partial charge is 0.181 e. The van der Waals surface area contributed by atoms with E-state index in [-0.39, 0.29) is 0 Å². The molecule has 15 heavy (non-hydrogen) atoms. The van der Waals surface area contributed by atoms with Gasteiger partial charge in [-0.3, -0.25) is 5.10 Å². The fourth-order valence-electron chi connectivity index (χ4n) is 1.38. The van der Waals surface area contributed by atoms with Gasteiger partial charge in [-0.15, -0.1) is 0 Å². The van der Waals surface area contributed by atoms with Gasteiger partial charge in [-0.25, -0.2) is 4.98 Å². The van der Waals surface area contributed by atoms with Gasteiger partial charge in [0, 0.05) is 12.0 Å². The van der Waals surface area contributed by atoms with Crippen LogP contribution in [0.1, 0.15) is 11.4 Å². The zero-order valence-corrected chi connectivity index (χ0v) is 8.70. The minimum absolute atomic E-state index is 0.586. The van der Waals surface area contributed by atoms with E-state index in [4.69, 9.17) is 5.73 Å². The lowest BCUT2D eigenvalue weighted by Gasteiger charge is -1.95. The van der Waals surface area contributed by atoms with Crippen LogP contribution in [0.15, 0.2) is 24.3 Å². The van der Waals surface area contributed by atoms with Crippen LogP contribution < -0.4 is 5.73 Å². The van der Waals surface area contributed by atoms with Gasteiger partial charge in [0.1, 0.15) is 5.82 Å². The third-order valence-electron chi connectivity index (χ3n) is 2.22. The topological polar surface area (TPSA) is 67.6 Å². The Morgan fingerprint density at radius 1 is 1.27 bits per heavy atom. The molecular weight excluding hydrogens is 188 g/mol. The third kappa shape index (κ3) is 2.22. The molecule has 0 unspecified atom stereocenters. The number of hydrogen-bond donors (Lipinski definition) is 2. The Balaban J connectivity index is 2.25. The molecule has 0 saturated carbocycles. The molecular formula is C11H14N4. The number of aromatic amines is 1. The summed E-state index contributed by atoms with van der Waals surface area (Å²) in [5, 5.41) is 7.02. The third-order valence-corrected chi connectivity index (χ3v) is 2.22. The first-order valence-electron chi connectivity index (χ1n) is 4.98. The first-order chi connectivity index (χ1) is 7.29. The van der Waals surface area contributed by atoms with Crippen LogP contribution in [0.5, 0.6) is 0 Å². The number of rotatable bonds is 3. The Morgan fingerprint density at radius 3 is 2.67 bits per heavy atom. The SMILES string of the molecule is Cc1ccc(-c2n[nH]c(CCN)n2)cc1. The normalized spacial score (nSPS) is 10.5. The van der Waals surface area contributed by atoms with Crippen molar-refractivity contribution >= 4 is 0 Å². The van der Waals surface area contributed by atoms with Gasteiger partial charge in [-0.2, -0.15) is 5.10 Å². The summed E-state index contributed by atoms with van der Waals surface area (Å²) in [6, 6.07) is 8.14. The van der Waals surface area contributed by atoms with Crippen LogP contribution in [0.2, 0.25) is 0 Å². The van der Waals surface area contributed by atoms with Crippen molar-refractivity contribution in [2.45, 2.75) is 13.3 Å². The van der Waals surface area contributed by atoms with Gasteiger partial charge >= 0.3 is 0 Å². The second-order valence-electron chi connectivity index (χ2n) is 3.51. The number of nitrogens with two attached hydrogens (primary N) is 1. The second-order valence-corrected chi connectivity index (χ2v) is 3.51. The number of nitrogens with one attached hydrogen (secondary N) is 1. The molecule has 0 radical (unpaired) electrons. The maximum absolute atomic E-state index is 5.44. The van der Waals surface area contributed by atoms with Crippen molar-refractivity contribution in [2.24, 2.45) is 5.73 Å². The van der Waals surface area contributed by atoms with Crippen LogP contribution in [0.3, 0.4) is 0 Å². The van der Waals surface area contributed by atoms with E-state index in [1.807, 2.05) is 24.3 Å². The van der Waals surface area contributed by atoms with Crippen molar-refractivity contribution in [2.75, 3.05) is 6.54 Å². The summed E-state index contributed by atoms with van der Waals surface area (Å²) in [5.74, 6) is 1.58. The molecule has 0 aliphatic carbocycles. The molecule has 0 saturated heterocycles. The Bertz CT molecular complexity index is 430. The summed E-state index contributed by atoms with van der Waals surface area (Å²) in [6.07, 6.45) is 0.735. The number of hydrogen-bond acceptors (Lipinski definition) is 3. The molecule has 0 amide bonds. The van der Waals surface area contributed by atoms with E-state index in [2.05, 4.69) is 22.1 Å². The van der Waals surface area contributed by atoms with Gasteiger partial charge in [0.2, 0.25) is 0 Å². The largest absolute Gasteiger partial charge is 0.330 e. The molecule has 78 valence electrons. The zero-order valence-electron chi connectivity index (χ0n) is 8.70. The molecule has 2 aromatic rings. The molecule has 1 aromatic carbocycles. The van der Waals surface area contributed by atoms with Gasteiger partial charge in [-0.05, 0) is 13.5 Å². The van der Waals surface area contributed by atoms with Gasteiger partial charge in [0.15, 0.2) is 5.82 Å². The highest BCUT2D eigenvalue weighted by atomic mass is 15.2. The van der Waals surface area contributed by atoms with Crippen LogP contribution in [-0.4, -0.2) is 21.7 Å². The average Bonchev–Trinajstić information content (AvgIpc) is 2.68. The highest BCUT2D eigenvalue weighted by Crippen LogP contribution is 2.14. The zero-order chi connectivity index (χ0) is 10.7. The van der Waals surface area contributed by atoms with Crippen molar-refractivity contribution < 1.29 is 0 Å². The minimum Gasteiger partial charge on any atom is -0.330 e. The van der Waals surface area contributed by atoms with Crippen LogP contribution in [0, 0.1) is 6.92 Å². The van der Waals surface area contributed by atoms with Gasteiger partial charge in [0.05, 0.1) is 0 Å². The Morgan fingerprint density at radius 2 is 2.00 bits per heavy atom. The summed E-state index contributed by atoms with van der Waals surface area (Å²) in [6.45, 7) is 2.64. The number of aromatic nitrogens is 3. The van der Waals surface area contributed by atoms with Crippen molar-refractivity contribution in [1.29, 1.82) is 0 Å². The van der Waals surface area contributed by atoms with E-state index in [9.17, 15) is 0 Å². The summed E-state index contributed by atoms with van der Waals surface area (Å²) < 4.78 is 0. The fraction of sp³-hybridized carbons (Fsp3) is 0.273. The van der Waals surface area contributed by atoms with Crippen LogP contribution in [-0.2, 0) is 6.42 Å². The maximum atomic E-state index is 5.44. The van der Waals surface area contributed by atoms with E-state index in [0.717, 1.165) is 23.6 Å². The molecule has 0 atom stereocenters. The Labute approximate surface area is 88.5 Å². The molecule has 0 aliphatic rings. The van der Waals surface area contributed by atoms with Crippen molar-refractivity contribution in [3.63, 3.8) is 0 Å². The monoisotopic (exact) mass is 202 g/mol. The van der Waals surface area contributed by atoms with Crippen LogP contribution >= 0.6 is 0 Å². The molecule has 0 fully saturated rings. The lowest BCUT2D eigenvalue weighted by Crippen LogP contribution is -2.03. The van der Waals surface area contributed by atoms with E-state index < -0.39 is 0 Å². The predicted molar refractivity (Wildman–Crippen MR) is 59.3 cm³/mol. The lowest BCUT2D eigenvalue weighted by molar-refractivity contribution is 0.874. The molecule has 2 rings (SSSR count).